The number of amides is 4. The summed E-state index contributed by atoms with van der Waals surface area (Å²) in [6.07, 6.45) is 0.231. The number of nitrogens with two attached hydrogens (primary N) is 1. The van der Waals surface area contributed by atoms with Crippen LogP contribution in [0, 0.1) is 5.92 Å². The fourth-order valence-electron chi connectivity index (χ4n) is 3.15. The SMILES string of the molecule is CC(C)C[C@H](C(=O)NN(CCC(N)=O)C(=O)CCl)N(C)C(=O)c1cc2ccccc2[nH]1. The van der Waals surface area contributed by atoms with Crippen molar-refractivity contribution in [2.45, 2.75) is 32.7 Å². The molecular formula is C21H28ClN5O4. The molecule has 1 heterocycles. The first kappa shape index (κ1) is 24.2. The number of fused-ring (bicyclic) bond motifs is 1. The lowest BCUT2D eigenvalue weighted by Crippen LogP contribution is -2.55. The minimum Gasteiger partial charge on any atom is -0.370 e. The Morgan fingerprint density at radius 2 is 1.87 bits per heavy atom. The normalized spacial score (nSPS) is 11.9. The van der Waals surface area contributed by atoms with Crippen molar-refractivity contribution in [1.82, 2.24) is 20.3 Å². The van der Waals surface area contributed by atoms with Crippen LogP contribution in [0.1, 0.15) is 37.2 Å². The summed E-state index contributed by atoms with van der Waals surface area (Å²) in [5.41, 5.74) is 8.80. The van der Waals surface area contributed by atoms with Crippen molar-refractivity contribution in [2.75, 3.05) is 19.5 Å². The number of hydrazine groups is 1. The van der Waals surface area contributed by atoms with Gasteiger partial charge in [0.2, 0.25) is 5.91 Å². The third kappa shape index (κ3) is 6.45. The first-order valence-electron chi connectivity index (χ1n) is 9.94. The number of likely N-dealkylation sites (N-methyl/N-ethyl adjacent to an activating group) is 1. The zero-order valence-corrected chi connectivity index (χ0v) is 18.6. The van der Waals surface area contributed by atoms with Crippen molar-refractivity contribution in [1.29, 1.82) is 0 Å². The average molecular weight is 450 g/mol. The molecule has 9 nitrogen and oxygen atoms in total. The van der Waals surface area contributed by atoms with E-state index < -0.39 is 23.8 Å². The van der Waals surface area contributed by atoms with Gasteiger partial charge in [0.05, 0.1) is 6.54 Å². The molecular weight excluding hydrogens is 422 g/mol. The Balaban J connectivity index is 2.23. The number of carbonyl (C=O) groups excluding carboxylic acids is 4. The summed E-state index contributed by atoms with van der Waals surface area (Å²) in [6.45, 7) is 3.74. The molecule has 0 fully saturated rings. The van der Waals surface area contributed by atoms with Gasteiger partial charge in [0.25, 0.3) is 17.7 Å². The molecule has 0 saturated carbocycles. The predicted octanol–water partition coefficient (Wildman–Crippen LogP) is 1.63. The van der Waals surface area contributed by atoms with Gasteiger partial charge >= 0.3 is 0 Å². The molecule has 0 unspecified atom stereocenters. The molecule has 0 radical (unpaired) electrons. The number of nitrogens with one attached hydrogen (secondary N) is 2. The molecule has 0 aliphatic rings. The molecule has 0 spiro atoms. The van der Waals surface area contributed by atoms with Crippen LogP contribution in [0.3, 0.4) is 0 Å². The number of aromatic amines is 1. The van der Waals surface area contributed by atoms with Crippen LogP contribution >= 0.6 is 11.6 Å². The molecule has 1 atom stereocenters. The Bertz CT molecular complexity index is 925. The third-order valence-corrected chi connectivity index (χ3v) is 5.02. The van der Waals surface area contributed by atoms with Crippen LogP contribution in [0.25, 0.3) is 10.9 Å². The molecule has 0 aliphatic heterocycles. The molecule has 2 rings (SSSR count). The van der Waals surface area contributed by atoms with Gasteiger partial charge in [-0.2, -0.15) is 0 Å². The lowest BCUT2D eigenvalue weighted by molar-refractivity contribution is -0.142. The quantitative estimate of drug-likeness (QED) is 0.397. The Kier molecular flexibility index (Phi) is 8.44. The summed E-state index contributed by atoms with van der Waals surface area (Å²) in [5.74, 6) is -2.39. The average Bonchev–Trinajstić information content (AvgIpc) is 3.17. The molecule has 10 heteroatoms. The van der Waals surface area contributed by atoms with Gasteiger partial charge in [-0.1, -0.05) is 32.0 Å². The Morgan fingerprint density at radius 3 is 2.45 bits per heavy atom. The number of para-hydroxylation sites is 1. The summed E-state index contributed by atoms with van der Waals surface area (Å²) < 4.78 is 0. The van der Waals surface area contributed by atoms with Crippen LogP contribution in [-0.2, 0) is 14.4 Å². The maximum absolute atomic E-state index is 13.1. The van der Waals surface area contributed by atoms with E-state index in [1.807, 2.05) is 38.1 Å². The van der Waals surface area contributed by atoms with Crippen LogP contribution in [0.5, 0.6) is 0 Å². The van der Waals surface area contributed by atoms with E-state index in [0.29, 0.717) is 12.1 Å². The van der Waals surface area contributed by atoms with E-state index in [1.165, 1.54) is 11.9 Å². The number of hydrogen-bond acceptors (Lipinski definition) is 4. The zero-order chi connectivity index (χ0) is 23.1. The van der Waals surface area contributed by atoms with Gasteiger partial charge in [-0.05, 0) is 24.5 Å². The summed E-state index contributed by atoms with van der Waals surface area (Å²) in [6, 6.07) is 8.36. The van der Waals surface area contributed by atoms with E-state index >= 15 is 0 Å². The van der Waals surface area contributed by atoms with Gasteiger partial charge < -0.3 is 15.6 Å². The Morgan fingerprint density at radius 1 is 1.19 bits per heavy atom. The highest BCUT2D eigenvalue weighted by molar-refractivity contribution is 6.27. The molecule has 168 valence electrons. The molecule has 1 aromatic carbocycles. The van der Waals surface area contributed by atoms with Crippen LogP contribution < -0.4 is 11.2 Å². The van der Waals surface area contributed by atoms with Gasteiger partial charge in [0.15, 0.2) is 0 Å². The fourth-order valence-corrected chi connectivity index (χ4v) is 3.30. The van der Waals surface area contributed by atoms with Crippen molar-refractivity contribution in [3.63, 3.8) is 0 Å². The standard InChI is InChI=1S/C21H28ClN5O4/c1-13(2)10-17(20(30)25-27(19(29)12-22)9-8-18(23)28)26(3)21(31)16-11-14-6-4-5-7-15(14)24-16/h4-7,11,13,17,24H,8-10,12H2,1-3H3,(H2,23,28)(H,25,30)/t17-/m1/s1. The maximum Gasteiger partial charge on any atom is 0.270 e. The van der Waals surface area contributed by atoms with E-state index in [9.17, 15) is 19.2 Å². The molecule has 0 bridgehead atoms. The second-order valence-corrected chi connectivity index (χ2v) is 7.97. The summed E-state index contributed by atoms with van der Waals surface area (Å²) in [4.78, 5) is 53.7. The number of carbonyl (C=O) groups is 4. The minimum absolute atomic E-state index is 0.0940. The van der Waals surface area contributed by atoms with Crippen LogP contribution in [0.2, 0.25) is 0 Å². The Labute approximate surface area is 185 Å². The van der Waals surface area contributed by atoms with E-state index in [0.717, 1.165) is 15.9 Å². The number of aromatic nitrogens is 1. The number of benzene rings is 1. The number of halogens is 1. The molecule has 4 N–H and O–H groups in total. The van der Waals surface area contributed by atoms with Gasteiger partial charge in [-0.3, -0.25) is 29.6 Å². The fraction of sp³-hybridized carbons (Fsp3) is 0.429. The van der Waals surface area contributed by atoms with Crippen LogP contribution in [0.15, 0.2) is 30.3 Å². The number of primary amides is 1. The topological polar surface area (TPSA) is 129 Å². The van der Waals surface area contributed by atoms with Gasteiger partial charge in [-0.15, -0.1) is 11.6 Å². The maximum atomic E-state index is 13.1. The minimum atomic E-state index is -0.849. The van der Waals surface area contributed by atoms with E-state index in [1.54, 1.807) is 6.07 Å². The third-order valence-electron chi connectivity index (χ3n) is 4.79. The zero-order valence-electron chi connectivity index (χ0n) is 17.9. The summed E-state index contributed by atoms with van der Waals surface area (Å²) in [7, 11) is 1.54. The second-order valence-electron chi connectivity index (χ2n) is 7.70. The lowest BCUT2D eigenvalue weighted by Gasteiger charge is -2.31. The van der Waals surface area contributed by atoms with Crippen molar-refractivity contribution in [3.05, 3.63) is 36.0 Å². The summed E-state index contributed by atoms with van der Waals surface area (Å²) >= 11 is 5.61. The number of nitrogens with zero attached hydrogens (tertiary/aromatic N) is 2. The smallest absolute Gasteiger partial charge is 0.270 e. The van der Waals surface area contributed by atoms with Crippen LogP contribution in [-0.4, -0.2) is 64.0 Å². The first-order chi connectivity index (χ1) is 14.6. The number of hydrogen-bond donors (Lipinski definition) is 3. The first-order valence-corrected chi connectivity index (χ1v) is 10.5. The monoisotopic (exact) mass is 449 g/mol. The van der Waals surface area contributed by atoms with Gasteiger partial charge in [0, 0.05) is 24.4 Å². The van der Waals surface area contributed by atoms with E-state index in [-0.39, 0.29) is 30.7 Å². The molecule has 4 amide bonds. The highest BCUT2D eigenvalue weighted by Crippen LogP contribution is 2.18. The van der Waals surface area contributed by atoms with Gasteiger partial charge in [-0.25, -0.2) is 0 Å². The van der Waals surface area contributed by atoms with Crippen molar-refractivity contribution in [3.8, 4) is 0 Å². The Hall–Kier alpha value is -3.07. The number of rotatable bonds is 9. The summed E-state index contributed by atoms with van der Waals surface area (Å²) in [5, 5.41) is 1.85. The predicted molar refractivity (Wildman–Crippen MR) is 118 cm³/mol. The number of H-pyrrole nitrogens is 1. The van der Waals surface area contributed by atoms with Gasteiger partial charge in [0.1, 0.15) is 17.6 Å². The molecule has 1 aromatic heterocycles. The van der Waals surface area contributed by atoms with Crippen LogP contribution in [0.4, 0.5) is 0 Å². The molecule has 2 aromatic rings. The highest BCUT2D eigenvalue weighted by Gasteiger charge is 2.31. The van der Waals surface area contributed by atoms with E-state index in [2.05, 4.69) is 10.4 Å². The number of alkyl halides is 1. The van der Waals surface area contributed by atoms with Crippen molar-refractivity contribution in [2.24, 2.45) is 11.7 Å². The molecule has 0 saturated heterocycles. The van der Waals surface area contributed by atoms with E-state index in [4.69, 9.17) is 17.3 Å². The highest BCUT2D eigenvalue weighted by atomic mass is 35.5. The molecule has 0 aliphatic carbocycles. The van der Waals surface area contributed by atoms with Crippen molar-refractivity contribution >= 4 is 46.1 Å². The molecule has 31 heavy (non-hydrogen) atoms. The lowest BCUT2D eigenvalue weighted by atomic mass is 10.0. The second kappa shape index (κ2) is 10.8. The van der Waals surface area contributed by atoms with Crippen molar-refractivity contribution < 1.29 is 19.2 Å². The largest absolute Gasteiger partial charge is 0.370 e.